The minimum Gasteiger partial charge on any atom is -0.371 e. The van der Waals surface area contributed by atoms with Gasteiger partial charge < -0.3 is 20.5 Å². The lowest BCUT2D eigenvalue weighted by atomic mass is 10.1. The van der Waals surface area contributed by atoms with Crippen LogP contribution in [0.25, 0.3) is 10.9 Å². The molecule has 29 heavy (non-hydrogen) atoms. The second-order valence-corrected chi connectivity index (χ2v) is 7.69. The Kier molecular flexibility index (Phi) is 6.35. The molecule has 4 rings (SSSR count). The molecule has 0 spiro atoms. The van der Waals surface area contributed by atoms with Crippen molar-refractivity contribution in [3.63, 3.8) is 0 Å². The van der Waals surface area contributed by atoms with Crippen molar-refractivity contribution in [2.75, 3.05) is 37.6 Å². The fourth-order valence-electron chi connectivity index (χ4n) is 4.07. The molecule has 3 N–H and O–H groups in total. The van der Waals surface area contributed by atoms with Crippen molar-refractivity contribution < 1.29 is 0 Å². The Balaban J connectivity index is 1.29. The van der Waals surface area contributed by atoms with Crippen LogP contribution in [0.5, 0.6) is 0 Å². The first-order chi connectivity index (χ1) is 14.3. The van der Waals surface area contributed by atoms with Crippen molar-refractivity contribution >= 4 is 22.5 Å². The number of H-pyrrole nitrogens is 1. The predicted molar refractivity (Wildman–Crippen MR) is 123 cm³/mol. The van der Waals surface area contributed by atoms with Gasteiger partial charge in [0.05, 0.1) is 0 Å². The number of hydrogen-bond acceptors (Lipinski definition) is 2. The molecule has 0 amide bonds. The molecule has 1 aliphatic rings. The molecular formula is C24H31N5. The molecule has 0 aliphatic carbocycles. The molecule has 0 bridgehead atoms. The molecule has 1 fully saturated rings. The van der Waals surface area contributed by atoms with Crippen molar-refractivity contribution in [1.29, 1.82) is 0 Å². The van der Waals surface area contributed by atoms with Crippen LogP contribution in [0.4, 0.5) is 5.69 Å². The van der Waals surface area contributed by atoms with Crippen molar-refractivity contribution in [2.45, 2.75) is 19.8 Å². The van der Waals surface area contributed by atoms with Crippen LogP contribution in [0.3, 0.4) is 0 Å². The second-order valence-electron chi connectivity index (χ2n) is 7.69. The molecule has 1 unspecified atom stereocenters. The minimum atomic E-state index is 0.610. The molecule has 0 saturated carbocycles. The van der Waals surface area contributed by atoms with E-state index in [9.17, 15) is 0 Å². The number of nitrogens with zero attached hydrogens (tertiary/aromatic N) is 2. The van der Waals surface area contributed by atoms with E-state index in [0.717, 1.165) is 45.1 Å². The number of nitrogens with one attached hydrogen (secondary N) is 3. The average molecular weight is 390 g/mol. The topological polar surface area (TPSA) is 55.5 Å². The first-order valence-electron chi connectivity index (χ1n) is 10.7. The Morgan fingerprint density at radius 1 is 1.10 bits per heavy atom. The van der Waals surface area contributed by atoms with Gasteiger partial charge in [-0.3, -0.25) is 4.99 Å². The molecule has 1 aromatic heterocycles. The van der Waals surface area contributed by atoms with Crippen LogP contribution >= 0.6 is 0 Å². The third-order valence-corrected chi connectivity index (χ3v) is 5.62. The molecular weight excluding hydrogens is 358 g/mol. The van der Waals surface area contributed by atoms with Gasteiger partial charge in [-0.25, -0.2) is 0 Å². The number of aromatic amines is 1. The molecule has 5 heteroatoms. The maximum atomic E-state index is 4.86. The van der Waals surface area contributed by atoms with Gasteiger partial charge in [0.25, 0.3) is 0 Å². The number of fused-ring (bicyclic) bond motifs is 1. The smallest absolute Gasteiger partial charge is 0.191 e. The number of guanidine groups is 1. The molecule has 1 atom stereocenters. The largest absolute Gasteiger partial charge is 0.371 e. The van der Waals surface area contributed by atoms with E-state index in [1.54, 1.807) is 0 Å². The van der Waals surface area contributed by atoms with Crippen LogP contribution in [-0.2, 0) is 6.42 Å². The van der Waals surface area contributed by atoms with E-state index in [-0.39, 0.29) is 0 Å². The second kappa shape index (κ2) is 9.50. The predicted octanol–water partition coefficient (Wildman–Crippen LogP) is 3.79. The van der Waals surface area contributed by atoms with E-state index in [0.29, 0.717) is 5.92 Å². The number of benzene rings is 2. The minimum absolute atomic E-state index is 0.610. The third kappa shape index (κ3) is 4.91. The first-order valence-corrected chi connectivity index (χ1v) is 10.7. The molecule has 2 heterocycles. The zero-order chi connectivity index (χ0) is 19.9. The summed E-state index contributed by atoms with van der Waals surface area (Å²) in [6, 6.07) is 19.2. The molecule has 1 saturated heterocycles. The summed E-state index contributed by atoms with van der Waals surface area (Å²) in [5, 5.41) is 8.19. The van der Waals surface area contributed by atoms with Gasteiger partial charge in [0.1, 0.15) is 0 Å². The summed E-state index contributed by atoms with van der Waals surface area (Å²) in [6.45, 7) is 6.93. The number of rotatable bonds is 7. The summed E-state index contributed by atoms with van der Waals surface area (Å²) in [5.74, 6) is 1.53. The zero-order valence-electron chi connectivity index (χ0n) is 17.2. The van der Waals surface area contributed by atoms with Gasteiger partial charge in [0.15, 0.2) is 5.96 Å². The van der Waals surface area contributed by atoms with E-state index in [1.807, 2.05) is 0 Å². The molecule has 3 aromatic rings. The lowest BCUT2D eigenvalue weighted by Crippen LogP contribution is -2.38. The Hall–Kier alpha value is -2.95. The fraction of sp³-hybridized carbons (Fsp3) is 0.375. The highest BCUT2D eigenvalue weighted by atomic mass is 15.2. The van der Waals surface area contributed by atoms with Crippen LogP contribution in [0.15, 0.2) is 65.8 Å². The summed E-state index contributed by atoms with van der Waals surface area (Å²) in [6.07, 6.45) is 4.29. The van der Waals surface area contributed by atoms with Gasteiger partial charge >= 0.3 is 0 Å². The summed E-state index contributed by atoms with van der Waals surface area (Å²) in [7, 11) is 0. The van der Waals surface area contributed by atoms with Gasteiger partial charge in [-0.05, 0) is 49.4 Å². The highest BCUT2D eigenvalue weighted by molar-refractivity contribution is 5.83. The maximum Gasteiger partial charge on any atom is 0.191 e. The molecule has 2 aromatic carbocycles. The van der Waals surface area contributed by atoms with Crippen molar-refractivity contribution in [3.8, 4) is 0 Å². The number of para-hydroxylation sites is 2. The third-order valence-electron chi connectivity index (χ3n) is 5.62. The number of anilines is 1. The highest BCUT2D eigenvalue weighted by Crippen LogP contribution is 2.23. The van der Waals surface area contributed by atoms with Crippen LogP contribution < -0.4 is 15.5 Å². The molecule has 152 valence electrons. The Morgan fingerprint density at radius 3 is 2.79 bits per heavy atom. The van der Waals surface area contributed by atoms with Gasteiger partial charge in [0, 0.05) is 55.5 Å². The van der Waals surface area contributed by atoms with Gasteiger partial charge in [0.2, 0.25) is 0 Å². The quantitative estimate of drug-likeness (QED) is 0.426. The van der Waals surface area contributed by atoms with Crippen molar-refractivity contribution in [1.82, 2.24) is 15.6 Å². The van der Waals surface area contributed by atoms with Crippen LogP contribution in [0.1, 0.15) is 18.9 Å². The lowest BCUT2D eigenvalue weighted by Gasteiger charge is -2.18. The first kappa shape index (κ1) is 19.4. The van der Waals surface area contributed by atoms with Crippen LogP contribution in [0, 0.1) is 5.92 Å². The average Bonchev–Trinajstić information content (AvgIpc) is 3.40. The van der Waals surface area contributed by atoms with E-state index >= 15 is 0 Å². The number of aliphatic imine (C=N–C) groups is 1. The van der Waals surface area contributed by atoms with E-state index in [2.05, 4.69) is 88.2 Å². The Labute approximate surface area is 173 Å². The Bertz CT molecular complexity index is 931. The van der Waals surface area contributed by atoms with Gasteiger partial charge in [-0.1, -0.05) is 36.4 Å². The normalized spacial score (nSPS) is 17.1. The highest BCUT2D eigenvalue weighted by Gasteiger charge is 2.22. The molecule has 5 nitrogen and oxygen atoms in total. The van der Waals surface area contributed by atoms with Crippen molar-refractivity contribution in [3.05, 3.63) is 66.4 Å². The van der Waals surface area contributed by atoms with E-state index < -0.39 is 0 Å². The number of hydrogen-bond donors (Lipinski definition) is 3. The summed E-state index contributed by atoms with van der Waals surface area (Å²) in [4.78, 5) is 10.7. The van der Waals surface area contributed by atoms with Crippen LogP contribution in [-0.4, -0.2) is 43.7 Å². The standard InChI is InChI=1S/C24H31N5/c1-2-25-24(26-14-12-20-17-27-23-11-7-6-10-22(20)23)28-16-19-13-15-29(18-19)21-8-4-3-5-9-21/h3-11,17,19,27H,2,12-16,18H2,1H3,(H2,25,26,28). The van der Waals surface area contributed by atoms with Gasteiger partial charge in [-0.2, -0.15) is 0 Å². The van der Waals surface area contributed by atoms with Crippen molar-refractivity contribution in [2.24, 2.45) is 10.9 Å². The number of aromatic nitrogens is 1. The summed E-state index contributed by atoms with van der Waals surface area (Å²) in [5.41, 5.74) is 3.87. The Morgan fingerprint density at radius 2 is 1.93 bits per heavy atom. The lowest BCUT2D eigenvalue weighted by molar-refractivity contribution is 0.599. The maximum absolute atomic E-state index is 4.86. The summed E-state index contributed by atoms with van der Waals surface area (Å²) < 4.78 is 0. The SMILES string of the molecule is CCNC(=NCC1CCN(c2ccccc2)C1)NCCc1c[nH]c2ccccc12. The summed E-state index contributed by atoms with van der Waals surface area (Å²) >= 11 is 0. The van der Waals surface area contributed by atoms with E-state index in [1.165, 1.54) is 28.6 Å². The zero-order valence-corrected chi connectivity index (χ0v) is 17.2. The fourth-order valence-corrected chi connectivity index (χ4v) is 4.07. The monoisotopic (exact) mass is 389 g/mol. The molecule has 0 radical (unpaired) electrons. The van der Waals surface area contributed by atoms with Gasteiger partial charge in [-0.15, -0.1) is 0 Å². The van der Waals surface area contributed by atoms with Crippen LogP contribution in [0.2, 0.25) is 0 Å². The van der Waals surface area contributed by atoms with E-state index in [4.69, 9.17) is 4.99 Å². The molecule has 1 aliphatic heterocycles.